The molecule has 1 amide bonds. The van der Waals surface area contributed by atoms with Gasteiger partial charge in [-0.3, -0.25) is 19.8 Å². The summed E-state index contributed by atoms with van der Waals surface area (Å²) in [5.41, 5.74) is 0.788. The molecule has 9 nitrogen and oxygen atoms in total. The number of non-ortho nitro benzene ring substituents is 1. The Kier molecular flexibility index (Phi) is 7.60. The van der Waals surface area contributed by atoms with Crippen LogP contribution in [0.1, 0.15) is 28.4 Å². The Balaban J connectivity index is 1.61. The fraction of sp³-hybridized carbons (Fsp3) is 0.409. The first-order valence-corrected chi connectivity index (χ1v) is 12.3. The summed E-state index contributed by atoms with van der Waals surface area (Å²) >= 11 is 0. The van der Waals surface area contributed by atoms with E-state index in [0.717, 1.165) is 44.6 Å². The molecule has 1 N–H and O–H groups in total. The maximum Gasteiger partial charge on any atom is 0.271 e. The van der Waals surface area contributed by atoms with Crippen LogP contribution in [-0.4, -0.2) is 75.1 Å². The molecule has 1 heterocycles. The predicted octanol–water partition coefficient (Wildman–Crippen LogP) is 2.11. The molecule has 0 bridgehead atoms. The van der Waals surface area contributed by atoms with Crippen molar-refractivity contribution < 1.29 is 18.1 Å². The molecule has 1 aliphatic rings. The van der Waals surface area contributed by atoms with E-state index in [4.69, 9.17) is 0 Å². The molecule has 10 heteroatoms. The first-order valence-electron chi connectivity index (χ1n) is 10.4. The first kappa shape index (κ1) is 23.8. The number of nitro groups is 1. The molecule has 0 saturated carbocycles. The lowest BCUT2D eigenvalue weighted by Gasteiger charge is -2.40. The molecular weight excluding hydrogens is 432 g/mol. The Labute approximate surface area is 188 Å². The van der Waals surface area contributed by atoms with Gasteiger partial charge in [-0.05, 0) is 25.1 Å². The maximum atomic E-state index is 12.5. The third kappa shape index (κ3) is 6.12. The Morgan fingerprint density at radius 3 is 2.56 bits per heavy atom. The molecule has 3 rings (SSSR count). The van der Waals surface area contributed by atoms with Gasteiger partial charge >= 0.3 is 0 Å². The summed E-state index contributed by atoms with van der Waals surface area (Å²) in [5.74, 6) is -0.531. The highest BCUT2D eigenvalue weighted by Crippen LogP contribution is 2.25. The largest absolute Gasteiger partial charge is 0.352 e. The van der Waals surface area contributed by atoms with Gasteiger partial charge in [-0.15, -0.1) is 0 Å². The molecule has 32 heavy (non-hydrogen) atoms. The van der Waals surface area contributed by atoms with Gasteiger partial charge in [0.05, 0.1) is 9.82 Å². The number of piperazine rings is 1. The van der Waals surface area contributed by atoms with Crippen LogP contribution in [0.15, 0.2) is 53.4 Å². The minimum atomic E-state index is -3.69. The van der Waals surface area contributed by atoms with E-state index < -0.39 is 26.4 Å². The lowest BCUT2D eigenvalue weighted by Crippen LogP contribution is -2.47. The number of amides is 1. The van der Waals surface area contributed by atoms with E-state index >= 15 is 0 Å². The third-order valence-electron chi connectivity index (χ3n) is 5.58. The van der Waals surface area contributed by atoms with Crippen LogP contribution in [0.4, 0.5) is 5.69 Å². The molecule has 0 aliphatic carbocycles. The van der Waals surface area contributed by atoms with Crippen molar-refractivity contribution in [2.75, 3.05) is 46.0 Å². The Hall–Kier alpha value is -2.82. The van der Waals surface area contributed by atoms with Crippen LogP contribution in [0.25, 0.3) is 0 Å². The van der Waals surface area contributed by atoms with E-state index in [2.05, 4.69) is 34.3 Å². The van der Waals surface area contributed by atoms with Crippen molar-refractivity contribution in [2.45, 2.75) is 17.4 Å². The molecule has 1 saturated heterocycles. The molecule has 0 aromatic heterocycles. The fourth-order valence-corrected chi connectivity index (χ4v) is 4.51. The van der Waals surface area contributed by atoms with Gasteiger partial charge in [0, 0.05) is 62.7 Å². The van der Waals surface area contributed by atoms with E-state index in [1.807, 2.05) is 18.2 Å². The molecular formula is C22H28N4O5S. The molecule has 172 valence electrons. The molecule has 2 aromatic carbocycles. The molecule has 0 spiro atoms. The van der Waals surface area contributed by atoms with Crippen molar-refractivity contribution in [1.82, 2.24) is 15.1 Å². The third-order valence-corrected chi connectivity index (χ3v) is 6.67. The van der Waals surface area contributed by atoms with Crippen molar-refractivity contribution >= 4 is 21.4 Å². The van der Waals surface area contributed by atoms with Gasteiger partial charge < -0.3 is 10.2 Å². The summed E-state index contributed by atoms with van der Waals surface area (Å²) < 4.78 is 23.7. The highest BCUT2D eigenvalue weighted by Gasteiger charge is 2.26. The second-order valence-corrected chi connectivity index (χ2v) is 10.1. The lowest BCUT2D eigenvalue weighted by molar-refractivity contribution is -0.385. The minimum Gasteiger partial charge on any atom is -0.352 e. The maximum absolute atomic E-state index is 12.5. The standard InChI is InChI=1S/C22H28N4O5S/c1-24-11-12-25(21(16-24)17-7-4-3-5-8-17)10-6-9-23-22(27)18-13-19(26(28)29)15-20(14-18)32(2,30)31/h3-5,7-8,13-15,21H,6,9-12,16H2,1-2H3,(H,23,27). The second kappa shape index (κ2) is 10.2. The number of nitrogens with one attached hydrogen (secondary N) is 1. The number of carbonyl (C=O) groups is 1. The zero-order valence-electron chi connectivity index (χ0n) is 18.2. The summed E-state index contributed by atoms with van der Waals surface area (Å²) in [5, 5.41) is 13.9. The van der Waals surface area contributed by atoms with Crippen LogP contribution >= 0.6 is 0 Å². The van der Waals surface area contributed by atoms with Crippen molar-refractivity contribution in [1.29, 1.82) is 0 Å². The van der Waals surface area contributed by atoms with Crippen LogP contribution in [0.2, 0.25) is 0 Å². The number of rotatable bonds is 8. The van der Waals surface area contributed by atoms with Gasteiger partial charge in [-0.2, -0.15) is 0 Å². The smallest absolute Gasteiger partial charge is 0.271 e. The number of nitro benzene ring substituents is 1. The molecule has 2 aromatic rings. The fourth-order valence-electron chi connectivity index (χ4n) is 3.84. The van der Waals surface area contributed by atoms with Crippen LogP contribution in [0.5, 0.6) is 0 Å². The van der Waals surface area contributed by atoms with Gasteiger partial charge in [0.2, 0.25) is 0 Å². The Morgan fingerprint density at radius 1 is 1.19 bits per heavy atom. The monoisotopic (exact) mass is 460 g/mol. The molecule has 0 radical (unpaired) electrons. The lowest BCUT2D eigenvalue weighted by atomic mass is 10.0. The zero-order chi connectivity index (χ0) is 23.3. The van der Waals surface area contributed by atoms with Crippen molar-refractivity contribution in [3.05, 3.63) is 69.8 Å². The molecule has 1 unspecified atom stereocenters. The first-order chi connectivity index (χ1) is 15.1. The van der Waals surface area contributed by atoms with Crippen molar-refractivity contribution in [2.24, 2.45) is 0 Å². The summed E-state index contributed by atoms with van der Waals surface area (Å²) in [6, 6.07) is 13.8. The number of carbonyl (C=O) groups excluding carboxylic acids is 1. The normalized spacial score (nSPS) is 17.8. The SMILES string of the molecule is CN1CCN(CCCNC(=O)c2cc([N+](=O)[O-])cc(S(C)(=O)=O)c2)C(c2ccccc2)C1. The average Bonchev–Trinajstić information content (AvgIpc) is 2.77. The minimum absolute atomic E-state index is 0.0404. The Morgan fingerprint density at radius 2 is 1.91 bits per heavy atom. The van der Waals surface area contributed by atoms with Gasteiger partial charge in [-0.1, -0.05) is 30.3 Å². The second-order valence-electron chi connectivity index (χ2n) is 8.08. The van der Waals surface area contributed by atoms with Gasteiger partial charge in [0.15, 0.2) is 9.84 Å². The number of likely N-dealkylation sites (N-methyl/N-ethyl adjacent to an activating group) is 1. The Bertz CT molecular complexity index is 1070. The highest BCUT2D eigenvalue weighted by atomic mass is 32.2. The van der Waals surface area contributed by atoms with E-state index in [1.54, 1.807) is 0 Å². The van der Waals surface area contributed by atoms with Crippen LogP contribution in [-0.2, 0) is 9.84 Å². The topological polar surface area (TPSA) is 113 Å². The van der Waals surface area contributed by atoms with Crippen molar-refractivity contribution in [3.8, 4) is 0 Å². The van der Waals surface area contributed by atoms with Crippen LogP contribution in [0.3, 0.4) is 0 Å². The summed E-state index contributed by atoms with van der Waals surface area (Å²) in [7, 11) is -1.58. The van der Waals surface area contributed by atoms with E-state index in [0.29, 0.717) is 13.0 Å². The number of benzene rings is 2. The quantitative estimate of drug-likeness (QED) is 0.365. The average molecular weight is 461 g/mol. The zero-order valence-corrected chi connectivity index (χ0v) is 19.0. The molecule has 1 fully saturated rings. The van der Waals surface area contributed by atoms with Gasteiger partial charge in [0.1, 0.15) is 0 Å². The van der Waals surface area contributed by atoms with E-state index in [-0.39, 0.29) is 16.5 Å². The van der Waals surface area contributed by atoms with Gasteiger partial charge in [0.25, 0.3) is 11.6 Å². The van der Waals surface area contributed by atoms with Crippen molar-refractivity contribution in [3.63, 3.8) is 0 Å². The highest BCUT2D eigenvalue weighted by molar-refractivity contribution is 7.90. The van der Waals surface area contributed by atoms with Crippen LogP contribution < -0.4 is 5.32 Å². The molecule has 1 atom stereocenters. The number of hydrogen-bond donors (Lipinski definition) is 1. The molecule has 1 aliphatic heterocycles. The number of nitrogens with zero attached hydrogens (tertiary/aromatic N) is 3. The van der Waals surface area contributed by atoms with E-state index in [9.17, 15) is 23.3 Å². The van der Waals surface area contributed by atoms with Crippen LogP contribution in [0, 0.1) is 10.1 Å². The summed E-state index contributed by atoms with van der Waals surface area (Å²) in [6.07, 6.45) is 1.65. The predicted molar refractivity (Wildman–Crippen MR) is 121 cm³/mol. The van der Waals surface area contributed by atoms with E-state index in [1.165, 1.54) is 11.6 Å². The number of hydrogen-bond acceptors (Lipinski definition) is 7. The summed E-state index contributed by atoms with van der Waals surface area (Å²) in [6.45, 7) is 3.99. The van der Waals surface area contributed by atoms with Gasteiger partial charge in [-0.25, -0.2) is 8.42 Å². The number of sulfone groups is 1. The summed E-state index contributed by atoms with van der Waals surface area (Å²) in [4.78, 5) is 27.4.